The van der Waals surface area contributed by atoms with E-state index in [0.717, 1.165) is 41.3 Å². The van der Waals surface area contributed by atoms with Crippen molar-refractivity contribution < 1.29 is 9.59 Å². The molecule has 0 saturated heterocycles. The summed E-state index contributed by atoms with van der Waals surface area (Å²) in [6.45, 7) is 4.77. The third-order valence-electron chi connectivity index (χ3n) is 5.20. The Morgan fingerprint density at radius 1 is 1.19 bits per heavy atom. The summed E-state index contributed by atoms with van der Waals surface area (Å²) in [6.07, 6.45) is 7.96. The van der Waals surface area contributed by atoms with Crippen molar-refractivity contribution in [1.82, 2.24) is 15.3 Å². The highest BCUT2D eigenvalue weighted by atomic mass is 32.1. The fourth-order valence-corrected chi connectivity index (χ4v) is 5.92. The average Bonchev–Trinajstić information content (AvgIpc) is 3.38. The maximum absolute atomic E-state index is 12.7. The van der Waals surface area contributed by atoms with Gasteiger partial charge in [-0.3, -0.25) is 14.6 Å². The smallest absolute Gasteiger partial charge is 0.275 e. The number of amides is 2. The van der Waals surface area contributed by atoms with Gasteiger partial charge in [0.1, 0.15) is 15.7 Å². The number of rotatable bonds is 8. The van der Waals surface area contributed by atoms with Crippen molar-refractivity contribution in [3.05, 3.63) is 46.0 Å². The van der Waals surface area contributed by atoms with Gasteiger partial charge in [-0.05, 0) is 43.4 Å². The zero-order valence-electron chi connectivity index (χ0n) is 18.2. The fraction of sp³-hybridized carbons (Fsp3) is 0.391. The molecule has 9 heteroatoms. The van der Waals surface area contributed by atoms with Crippen LogP contribution in [0.5, 0.6) is 0 Å². The Kier molecular flexibility index (Phi) is 7.29. The highest BCUT2D eigenvalue weighted by molar-refractivity contribution is 7.18. The summed E-state index contributed by atoms with van der Waals surface area (Å²) in [7, 11) is 0. The topological polar surface area (TPSA) is 96.0 Å². The van der Waals surface area contributed by atoms with Crippen LogP contribution in [0.4, 0.5) is 10.7 Å². The molecule has 1 aliphatic rings. The van der Waals surface area contributed by atoms with Crippen LogP contribution in [0.2, 0.25) is 0 Å². The van der Waals surface area contributed by atoms with Crippen molar-refractivity contribution in [2.24, 2.45) is 0 Å². The summed E-state index contributed by atoms with van der Waals surface area (Å²) >= 11 is 3.09. The van der Waals surface area contributed by atoms with E-state index in [1.807, 2.05) is 0 Å². The zero-order chi connectivity index (χ0) is 22.5. The van der Waals surface area contributed by atoms with Crippen LogP contribution in [0.1, 0.15) is 54.0 Å². The van der Waals surface area contributed by atoms with Crippen LogP contribution in [-0.2, 0) is 17.6 Å². The molecule has 3 aromatic rings. The van der Waals surface area contributed by atoms with E-state index in [2.05, 4.69) is 39.8 Å². The Morgan fingerprint density at radius 2 is 2.03 bits per heavy atom. The van der Waals surface area contributed by atoms with Gasteiger partial charge in [-0.15, -0.1) is 22.7 Å². The zero-order valence-corrected chi connectivity index (χ0v) is 19.9. The number of pyridine rings is 1. The van der Waals surface area contributed by atoms with Crippen molar-refractivity contribution in [2.75, 3.05) is 17.2 Å². The summed E-state index contributed by atoms with van der Waals surface area (Å²) in [4.78, 5) is 35.2. The Labute approximate surface area is 195 Å². The quantitative estimate of drug-likeness (QED) is 0.443. The number of aromatic nitrogens is 2. The van der Waals surface area contributed by atoms with Crippen LogP contribution in [-0.4, -0.2) is 34.4 Å². The molecule has 3 aromatic heterocycles. The molecule has 1 aliphatic carbocycles. The van der Waals surface area contributed by atoms with Gasteiger partial charge in [0, 0.05) is 41.0 Å². The van der Waals surface area contributed by atoms with Crippen LogP contribution in [0, 0.1) is 0 Å². The van der Waals surface area contributed by atoms with E-state index in [1.54, 1.807) is 41.2 Å². The standard InChI is InChI=1S/C23H27N5O2S2/c1-14(2)25-11-9-19(29)28-23-20(16-7-3-4-8-18(16)32-23)22-27-17(13-31-22)21(30)26-15-6-5-10-24-12-15/h5-6,10,12-14,25H,3-4,7-9,11H2,1-2H3,(H,26,30)(H,28,29). The first-order valence-corrected chi connectivity index (χ1v) is 12.6. The molecule has 2 amide bonds. The van der Waals surface area contributed by atoms with Gasteiger partial charge in [0.2, 0.25) is 5.91 Å². The molecule has 4 rings (SSSR count). The van der Waals surface area contributed by atoms with Gasteiger partial charge in [0.15, 0.2) is 0 Å². The van der Waals surface area contributed by atoms with Crippen molar-refractivity contribution in [3.8, 4) is 10.6 Å². The number of carbonyl (C=O) groups is 2. The summed E-state index contributed by atoms with van der Waals surface area (Å²) in [5.74, 6) is -0.279. The van der Waals surface area contributed by atoms with Crippen molar-refractivity contribution in [1.29, 1.82) is 0 Å². The minimum absolute atomic E-state index is 0.0101. The monoisotopic (exact) mass is 469 g/mol. The van der Waals surface area contributed by atoms with E-state index in [4.69, 9.17) is 0 Å². The average molecular weight is 470 g/mol. The maximum atomic E-state index is 12.7. The normalized spacial score (nSPS) is 13.1. The van der Waals surface area contributed by atoms with Gasteiger partial charge in [0.05, 0.1) is 11.9 Å². The number of nitrogens with zero attached hydrogens (tertiary/aromatic N) is 2. The highest BCUT2D eigenvalue weighted by Gasteiger charge is 2.25. The minimum Gasteiger partial charge on any atom is -0.319 e. The molecule has 0 atom stereocenters. The van der Waals surface area contributed by atoms with Gasteiger partial charge in [-0.2, -0.15) is 0 Å². The molecule has 7 nitrogen and oxygen atoms in total. The second-order valence-corrected chi connectivity index (χ2v) is 10.0. The van der Waals surface area contributed by atoms with Crippen molar-refractivity contribution in [2.45, 2.75) is 52.0 Å². The number of carbonyl (C=O) groups excluding carboxylic acids is 2. The molecular weight excluding hydrogens is 442 g/mol. The van der Waals surface area contributed by atoms with E-state index in [1.165, 1.54) is 21.8 Å². The maximum Gasteiger partial charge on any atom is 0.275 e. The fourth-order valence-electron chi connectivity index (χ4n) is 3.67. The molecule has 0 saturated carbocycles. The summed E-state index contributed by atoms with van der Waals surface area (Å²) in [5, 5.41) is 12.6. The predicted octanol–water partition coefficient (Wildman–Crippen LogP) is 4.72. The summed E-state index contributed by atoms with van der Waals surface area (Å²) < 4.78 is 0. The molecule has 0 fully saturated rings. The van der Waals surface area contributed by atoms with Crippen molar-refractivity contribution in [3.63, 3.8) is 0 Å². The van der Waals surface area contributed by atoms with Gasteiger partial charge in [-0.25, -0.2) is 4.98 Å². The first kappa shape index (κ1) is 22.6. The molecule has 0 bridgehead atoms. The molecule has 32 heavy (non-hydrogen) atoms. The number of thiophene rings is 1. The van der Waals surface area contributed by atoms with E-state index < -0.39 is 0 Å². The van der Waals surface area contributed by atoms with Crippen LogP contribution in [0.15, 0.2) is 29.9 Å². The van der Waals surface area contributed by atoms with E-state index in [9.17, 15) is 9.59 Å². The van der Waals surface area contributed by atoms with Gasteiger partial charge in [0.25, 0.3) is 5.91 Å². The third-order valence-corrected chi connectivity index (χ3v) is 7.27. The first-order valence-electron chi connectivity index (χ1n) is 10.9. The Bertz CT molecular complexity index is 1090. The number of anilines is 2. The van der Waals surface area contributed by atoms with Crippen LogP contribution < -0.4 is 16.0 Å². The predicted molar refractivity (Wildman–Crippen MR) is 131 cm³/mol. The lowest BCUT2D eigenvalue weighted by Gasteiger charge is -2.12. The number of fused-ring (bicyclic) bond motifs is 1. The second kappa shape index (κ2) is 10.3. The third kappa shape index (κ3) is 5.40. The van der Waals surface area contributed by atoms with Gasteiger partial charge in [-0.1, -0.05) is 13.8 Å². The van der Waals surface area contributed by atoms with E-state index in [0.29, 0.717) is 30.4 Å². The lowest BCUT2D eigenvalue weighted by Crippen LogP contribution is -2.27. The molecule has 168 valence electrons. The Hall–Kier alpha value is -2.62. The number of thiazole rings is 1. The number of hydrogen-bond donors (Lipinski definition) is 3. The Morgan fingerprint density at radius 3 is 2.81 bits per heavy atom. The molecule has 0 aliphatic heterocycles. The summed E-state index contributed by atoms with van der Waals surface area (Å²) in [5.41, 5.74) is 3.25. The van der Waals surface area contributed by atoms with Crippen molar-refractivity contribution >= 4 is 45.2 Å². The van der Waals surface area contributed by atoms with Crippen LogP contribution in [0.3, 0.4) is 0 Å². The number of aryl methyl sites for hydroxylation is 1. The lowest BCUT2D eigenvalue weighted by molar-refractivity contribution is -0.116. The molecule has 3 heterocycles. The largest absolute Gasteiger partial charge is 0.319 e. The van der Waals surface area contributed by atoms with E-state index in [-0.39, 0.29) is 11.8 Å². The number of nitrogens with one attached hydrogen (secondary N) is 3. The SMILES string of the molecule is CC(C)NCCC(=O)Nc1sc2c(c1-c1nc(C(=O)Nc3cccnc3)cs1)CCCC2. The van der Waals surface area contributed by atoms with Gasteiger partial charge >= 0.3 is 0 Å². The molecule has 0 radical (unpaired) electrons. The highest BCUT2D eigenvalue weighted by Crippen LogP contribution is 2.45. The van der Waals surface area contributed by atoms with Gasteiger partial charge < -0.3 is 16.0 Å². The summed E-state index contributed by atoms with van der Waals surface area (Å²) in [6, 6.07) is 3.90. The minimum atomic E-state index is -0.269. The number of hydrogen-bond acceptors (Lipinski definition) is 7. The molecular formula is C23H27N5O2S2. The van der Waals surface area contributed by atoms with Crippen LogP contribution in [0.25, 0.3) is 10.6 Å². The molecule has 0 unspecified atom stereocenters. The molecule has 0 spiro atoms. The first-order chi connectivity index (χ1) is 15.5. The van der Waals surface area contributed by atoms with Crippen LogP contribution >= 0.6 is 22.7 Å². The Balaban J connectivity index is 1.55. The van der Waals surface area contributed by atoms with E-state index >= 15 is 0 Å². The molecule has 3 N–H and O–H groups in total. The lowest BCUT2D eigenvalue weighted by atomic mass is 9.95. The second-order valence-electron chi connectivity index (χ2n) is 8.06. The molecule has 0 aromatic carbocycles.